The van der Waals surface area contributed by atoms with E-state index in [-0.39, 0.29) is 22.9 Å². The van der Waals surface area contributed by atoms with Crippen molar-refractivity contribution in [2.24, 2.45) is 5.73 Å². The first-order valence-corrected chi connectivity index (χ1v) is 10.2. The van der Waals surface area contributed by atoms with Crippen molar-refractivity contribution in [1.82, 2.24) is 0 Å². The van der Waals surface area contributed by atoms with Crippen LogP contribution < -0.4 is 15.5 Å². The number of aryl methyl sites for hydroxylation is 1. The van der Waals surface area contributed by atoms with E-state index < -0.39 is 23.8 Å². The van der Waals surface area contributed by atoms with E-state index in [0.717, 1.165) is 21.9 Å². The molecule has 0 saturated heterocycles. The lowest BCUT2D eigenvalue weighted by molar-refractivity contribution is -0.137. The number of carbonyl (C=O) groups is 2. The third-order valence-corrected chi connectivity index (χ3v) is 5.61. The van der Waals surface area contributed by atoms with Crippen molar-refractivity contribution in [3.63, 3.8) is 0 Å². The smallest absolute Gasteiger partial charge is 0.351 e. The van der Waals surface area contributed by atoms with Crippen LogP contribution in [0.5, 0.6) is 0 Å². The fraction of sp³-hybridized carbons (Fsp3) is 0.263. The Hall–Kier alpha value is -2.39. The van der Waals surface area contributed by atoms with Crippen LogP contribution >= 0.6 is 23.4 Å². The second-order valence-electron chi connectivity index (χ2n) is 6.37. The maximum absolute atomic E-state index is 13.2. The summed E-state index contributed by atoms with van der Waals surface area (Å²) in [6.07, 6.45) is -1.69. The number of benzene rings is 2. The SMILES string of the molecule is CSc1ccc(Cl)c(N(C(N)=O)C(=O)N2CCCc3ccc(C(F)(F)F)cc32)c1. The van der Waals surface area contributed by atoms with Crippen LogP contribution in [0.25, 0.3) is 0 Å². The Labute approximate surface area is 174 Å². The van der Waals surface area contributed by atoms with E-state index >= 15 is 0 Å². The number of primary amides is 1. The van der Waals surface area contributed by atoms with Crippen molar-refractivity contribution in [2.75, 3.05) is 22.6 Å². The van der Waals surface area contributed by atoms with Gasteiger partial charge in [0.1, 0.15) is 0 Å². The van der Waals surface area contributed by atoms with Gasteiger partial charge in [-0.15, -0.1) is 11.8 Å². The zero-order valence-corrected chi connectivity index (χ0v) is 16.9. The molecule has 1 heterocycles. The monoisotopic (exact) mass is 443 g/mol. The summed E-state index contributed by atoms with van der Waals surface area (Å²) in [7, 11) is 0. The maximum atomic E-state index is 13.2. The fourth-order valence-corrected chi connectivity index (χ4v) is 3.81. The predicted octanol–water partition coefficient (Wildman–Crippen LogP) is 5.54. The topological polar surface area (TPSA) is 66.6 Å². The number of amides is 4. The summed E-state index contributed by atoms with van der Waals surface area (Å²) in [6, 6.07) is 6.11. The van der Waals surface area contributed by atoms with Crippen LogP contribution in [0, 0.1) is 0 Å². The van der Waals surface area contributed by atoms with Gasteiger partial charge < -0.3 is 5.73 Å². The number of anilines is 2. The molecule has 0 bridgehead atoms. The van der Waals surface area contributed by atoms with E-state index in [1.54, 1.807) is 6.07 Å². The number of hydrogen-bond acceptors (Lipinski definition) is 3. The number of urea groups is 2. The molecule has 0 saturated carbocycles. The molecule has 1 aliphatic rings. The van der Waals surface area contributed by atoms with Crippen molar-refractivity contribution < 1.29 is 22.8 Å². The molecule has 1 aliphatic heterocycles. The maximum Gasteiger partial charge on any atom is 0.416 e. The minimum Gasteiger partial charge on any atom is -0.351 e. The summed E-state index contributed by atoms with van der Waals surface area (Å²) < 4.78 is 39.5. The molecule has 10 heteroatoms. The zero-order chi connectivity index (χ0) is 21.3. The van der Waals surface area contributed by atoms with Crippen LogP contribution in [0.4, 0.5) is 34.1 Å². The third kappa shape index (κ3) is 4.30. The van der Waals surface area contributed by atoms with E-state index in [1.807, 2.05) is 6.26 Å². The number of alkyl halides is 3. The summed E-state index contributed by atoms with van der Waals surface area (Å²) in [5, 5.41) is 0.122. The lowest BCUT2D eigenvalue weighted by atomic mass is 9.99. The first-order valence-electron chi connectivity index (χ1n) is 8.58. The number of rotatable bonds is 2. The Morgan fingerprint density at radius 2 is 1.93 bits per heavy atom. The molecule has 0 unspecified atom stereocenters. The second-order valence-corrected chi connectivity index (χ2v) is 7.66. The average molecular weight is 444 g/mol. The Balaban J connectivity index is 2.07. The Kier molecular flexibility index (Phi) is 6.00. The average Bonchev–Trinajstić information content (AvgIpc) is 2.67. The van der Waals surface area contributed by atoms with Crippen LogP contribution in [0.3, 0.4) is 0 Å². The van der Waals surface area contributed by atoms with Gasteiger partial charge in [0.05, 0.1) is 16.3 Å². The van der Waals surface area contributed by atoms with Crippen molar-refractivity contribution in [2.45, 2.75) is 23.9 Å². The minimum absolute atomic E-state index is 0.0788. The van der Waals surface area contributed by atoms with Crippen molar-refractivity contribution in [1.29, 1.82) is 0 Å². The highest BCUT2D eigenvalue weighted by atomic mass is 35.5. The zero-order valence-electron chi connectivity index (χ0n) is 15.3. The highest BCUT2D eigenvalue weighted by molar-refractivity contribution is 7.98. The number of hydrogen-bond donors (Lipinski definition) is 1. The van der Waals surface area contributed by atoms with E-state index in [2.05, 4.69) is 0 Å². The molecule has 0 aliphatic carbocycles. The number of imide groups is 1. The lowest BCUT2D eigenvalue weighted by Crippen LogP contribution is -2.50. The summed E-state index contributed by atoms with van der Waals surface area (Å²) in [6.45, 7) is 0.150. The molecule has 3 rings (SSSR count). The van der Waals surface area contributed by atoms with Crippen LogP contribution in [0.1, 0.15) is 17.5 Å². The summed E-state index contributed by atoms with van der Waals surface area (Å²) in [5.41, 5.74) is 5.36. The van der Waals surface area contributed by atoms with Crippen molar-refractivity contribution in [3.8, 4) is 0 Å². The fourth-order valence-electron chi connectivity index (χ4n) is 3.18. The highest BCUT2D eigenvalue weighted by Crippen LogP contribution is 2.37. The molecule has 4 amide bonds. The van der Waals surface area contributed by atoms with Gasteiger partial charge in [0.15, 0.2) is 0 Å². The third-order valence-electron chi connectivity index (χ3n) is 4.57. The van der Waals surface area contributed by atoms with Gasteiger partial charge in [-0.25, -0.2) is 14.5 Å². The van der Waals surface area contributed by atoms with Crippen LogP contribution in [-0.2, 0) is 12.6 Å². The second kappa shape index (κ2) is 8.16. The molecule has 5 nitrogen and oxygen atoms in total. The molecule has 0 fully saturated rings. The molecular weight excluding hydrogens is 427 g/mol. The Morgan fingerprint density at radius 3 is 2.55 bits per heavy atom. The van der Waals surface area contributed by atoms with Gasteiger partial charge in [0, 0.05) is 17.1 Å². The molecule has 154 valence electrons. The quantitative estimate of drug-likeness (QED) is 0.620. The van der Waals surface area contributed by atoms with Gasteiger partial charge in [-0.3, -0.25) is 4.90 Å². The largest absolute Gasteiger partial charge is 0.416 e. The first kappa shape index (κ1) is 21.3. The number of halogens is 4. The molecule has 0 spiro atoms. The summed E-state index contributed by atoms with van der Waals surface area (Å²) >= 11 is 7.56. The van der Waals surface area contributed by atoms with E-state index in [0.29, 0.717) is 23.3 Å². The number of fused-ring (bicyclic) bond motifs is 1. The number of nitrogens with zero attached hydrogens (tertiary/aromatic N) is 2. The first-order chi connectivity index (χ1) is 13.6. The number of thioether (sulfide) groups is 1. The van der Waals surface area contributed by atoms with E-state index in [1.165, 1.54) is 30.0 Å². The lowest BCUT2D eigenvalue weighted by Gasteiger charge is -2.33. The molecule has 0 radical (unpaired) electrons. The Morgan fingerprint density at radius 1 is 1.21 bits per heavy atom. The van der Waals surface area contributed by atoms with E-state index in [9.17, 15) is 22.8 Å². The van der Waals surface area contributed by atoms with Gasteiger partial charge in [-0.05, 0) is 55.0 Å². The van der Waals surface area contributed by atoms with Gasteiger partial charge in [-0.2, -0.15) is 13.2 Å². The molecule has 2 aromatic carbocycles. The molecule has 2 aromatic rings. The van der Waals surface area contributed by atoms with Gasteiger partial charge >= 0.3 is 18.2 Å². The van der Waals surface area contributed by atoms with Gasteiger partial charge in [0.25, 0.3) is 0 Å². The minimum atomic E-state index is -4.56. The normalized spacial score (nSPS) is 13.8. The highest BCUT2D eigenvalue weighted by Gasteiger charge is 2.35. The van der Waals surface area contributed by atoms with Crippen LogP contribution in [0.2, 0.25) is 5.02 Å². The van der Waals surface area contributed by atoms with Gasteiger partial charge in [-0.1, -0.05) is 17.7 Å². The van der Waals surface area contributed by atoms with Crippen molar-refractivity contribution >= 4 is 46.8 Å². The molecular formula is C19H17ClF3N3O2S. The molecule has 0 aromatic heterocycles. The van der Waals surface area contributed by atoms with Crippen LogP contribution in [-0.4, -0.2) is 24.9 Å². The number of carbonyl (C=O) groups excluding carboxylic acids is 2. The molecule has 2 N–H and O–H groups in total. The van der Waals surface area contributed by atoms with E-state index in [4.69, 9.17) is 17.3 Å². The van der Waals surface area contributed by atoms with Crippen LogP contribution in [0.15, 0.2) is 41.3 Å². The molecule has 0 atom stereocenters. The standard InChI is InChI=1S/C19H17ClF3N3O2S/c1-29-13-6-7-14(20)16(10-13)26(17(24)27)18(28)25-8-2-3-11-4-5-12(9-15(11)25)19(21,22)23/h4-7,9-10H,2-3,8H2,1H3,(H2,24,27). The van der Waals surface area contributed by atoms with Gasteiger partial charge in [0.2, 0.25) is 0 Å². The Bertz CT molecular complexity index is 968. The van der Waals surface area contributed by atoms with Crippen molar-refractivity contribution in [3.05, 3.63) is 52.5 Å². The summed E-state index contributed by atoms with van der Waals surface area (Å²) in [5.74, 6) is 0. The number of nitrogens with two attached hydrogens (primary N) is 1. The predicted molar refractivity (Wildman–Crippen MR) is 108 cm³/mol. The summed E-state index contributed by atoms with van der Waals surface area (Å²) in [4.78, 5) is 27.9. The molecule has 29 heavy (non-hydrogen) atoms.